The van der Waals surface area contributed by atoms with E-state index < -0.39 is 12.1 Å². The number of carbonyl (C=O) groups excluding carboxylic acids is 2. The number of esters is 1. The number of unbranched alkanes of at least 4 members (excludes halogenated alkanes) is 30. The number of carbonyl (C=O) groups is 2. The lowest BCUT2D eigenvalue weighted by atomic mass is 10.0. The van der Waals surface area contributed by atoms with E-state index in [1.54, 1.807) is 6.08 Å². The number of ether oxygens (including phenoxy) is 1. The van der Waals surface area contributed by atoms with Gasteiger partial charge in [0.2, 0.25) is 5.91 Å². The maximum Gasteiger partial charge on any atom is 0.305 e. The fourth-order valence-corrected chi connectivity index (χ4v) is 7.31. The zero-order chi connectivity index (χ0) is 41.5. The lowest BCUT2D eigenvalue weighted by Crippen LogP contribution is -2.45. The van der Waals surface area contributed by atoms with E-state index in [0.29, 0.717) is 19.4 Å². The summed E-state index contributed by atoms with van der Waals surface area (Å²) < 4.78 is 5.46. The van der Waals surface area contributed by atoms with E-state index in [1.807, 2.05) is 6.08 Å². The van der Waals surface area contributed by atoms with Gasteiger partial charge in [0.15, 0.2) is 0 Å². The van der Waals surface area contributed by atoms with Crippen LogP contribution in [0, 0.1) is 0 Å². The molecule has 0 radical (unpaired) electrons. The summed E-state index contributed by atoms with van der Waals surface area (Å²) in [7, 11) is 0. The highest BCUT2D eigenvalue weighted by Crippen LogP contribution is 2.15. The second kappa shape index (κ2) is 46.8. The standard InChI is InChI=1S/C51H95NO5/c1-3-5-7-9-11-13-15-16-17-18-19-20-21-22-24-29-33-37-41-45-51(56)57-46-42-38-34-30-26-25-28-32-36-40-44-50(55)52-48(47-53)49(54)43-39-35-31-27-23-14-12-10-8-6-4-2/h11,13,16-17,39,43,48-49,53-54H,3-10,12,14-15,18-38,40-42,44-47H2,1-2H3,(H,52,55)/b13-11-,17-16-,43-39+. The molecule has 0 fully saturated rings. The van der Waals surface area contributed by atoms with Crippen LogP contribution in [0.5, 0.6) is 0 Å². The van der Waals surface area contributed by atoms with Gasteiger partial charge >= 0.3 is 5.97 Å². The molecule has 57 heavy (non-hydrogen) atoms. The van der Waals surface area contributed by atoms with Gasteiger partial charge < -0.3 is 20.3 Å². The van der Waals surface area contributed by atoms with Gasteiger partial charge in [0.05, 0.1) is 25.4 Å². The Morgan fingerprint density at radius 3 is 1.37 bits per heavy atom. The van der Waals surface area contributed by atoms with Gasteiger partial charge in [-0.2, -0.15) is 0 Å². The van der Waals surface area contributed by atoms with E-state index in [9.17, 15) is 19.8 Å². The van der Waals surface area contributed by atoms with E-state index in [0.717, 1.165) is 64.2 Å². The number of hydrogen-bond donors (Lipinski definition) is 3. The van der Waals surface area contributed by atoms with Crippen molar-refractivity contribution >= 4 is 11.9 Å². The van der Waals surface area contributed by atoms with Crippen molar-refractivity contribution in [1.82, 2.24) is 5.32 Å². The Bertz CT molecular complexity index is 931. The predicted octanol–water partition coefficient (Wildman–Crippen LogP) is 14.5. The van der Waals surface area contributed by atoms with Crippen molar-refractivity contribution in [3.63, 3.8) is 0 Å². The van der Waals surface area contributed by atoms with Crippen LogP contribution in [-0.4, -0.2) is 47.4 Å². The molecular weight excluding hydrogens is 707 g/mol. The third-order valence-electron chi connectivity index (χ3n) is 11.2. The molecule has 0 aromatic heterocycles. The third-order valence-corrected chi connectivity index (χ3v) is 11.2. The molecule has 0 aromatic rings. The first-order valence-electron chi connectivity index (χ1n) is 24.8. The van der Waals surface area contributed by atoms with Crippen molar-refractivity contribution in [2.45, 2.75) is 264 Å². The molecule has 6 heteroatoms. The number of nitrogens with one attached hydrogen (secondary N) is 1. The second-order valence-electron chi connectivity index (χ2n) is 16.8. The van der Waals surface area contributed by atoms with Gasteiger partial charge in [-0.15, -0.1) is 0 Å². The summed E-state index contributed by atoms with van der Waals surface area (Å²) in [6, 6.07) is -0.644. The Morgan fingerprint density at radius 2 is 0.877 bits per heavy atom. The van der Waals surface area contributed by atoms with Crippen LogP contribution in [0.3, 0.4) is 0 Å². The molecule has 0 saturated heterocycles. The molecule has 0 rings (SSSR count). The molecule has 2 unspecified atom stereocenters. The minimum absolute atomic E-state index is 0.0256. The van der Waals surface area contributed by atoms with E-state index >= 15 is 0 Å². The third kappa shape index (κ3) is 43.5. The average molecular weight is 802 g/mol. The summed E-state index contributed by atoms with van der Waals surface area (Å²) >= 11 is 0. The van der Waals surface area contributed by atoms with E-state index in [1.165, 1.54) is 161 Å². The van der Waals surface area contributed by atoms with Gasteiger partial charge in [-0.3, -0.25) is 9.59 Å². The molecule has 0 bridgehead atoms. The Labute approximate surface area is 353 Å². The van der Waals surface area contributed by atoms with Crippen molar-refractivity contribution in [2.24, 2.45) is 0 Å². The first kappa shape index (κ1) is 55.1. The van der Waals surface area contributed by atoms with Crippen LogP contribution in [0.4, 0.5) is 0 Å². The maximum atomic E-state index is 12.4. The number of allylic oxidation sites excluding steroid dienone is 5. The summed E-state index contributed by atoms with van der Waals surface area (Å²) in [5.74, 6) is -0.119. The highest BCUT2D eigenvalue weighted by molar-refractivity contribution is 5.76. The molecule has 0 aliphatic heterocycles. The van der Waals surface area contributed by atoms with Crippen molar-refractivity contribution in [2.75, 3.05) is 13.2 Å². The summed E-state index contributed by atoms with van der Waals surface area (Å²) in [4.78, 5) is 24.4. The van der Waals surface area contributed by atoms with E-state index in [4.69, 9.17) is 4.74 Å². The molecular formula is C51H95NO5. The van der Waals surface area contributed by atoms with Gasteiger partial charge in [0, 0.05) is 12.8 Å². The van der Waals surface area contributed by atoms with Gasteiger partial charge in [0.25, 0.3) is 0 Å². The molecule has 2 atom stereocenters. The van der Waals surface area contributed by atoms with Crippen LogP contribution in [0.2, 0.25) is 0 Å². The molecule has 0 aliphatic rings. The topological polar surface area (TPSA) is 95.9 Å². The average Bonchev–Trinajstić information content (AvgIpc) is 3.21. The molecule has 0 aliphatic carbocycles. The minimum Gasteiger partial charge on any atom is -0.466 e. The highest BCUT2D eigenvalue weighted by atomic mass is 16.5. The number of amides is 1. The van der Waals surface area contributed by atoms with Gasteiger partial charge in [0.1, 0.15) is 0 Å². The van der Waals surface area contributed by atoms with Crippen LogP contribution in [0.1, 0.15) is 251 Å². The summed E-state index contributed by atoms with van der Waals surface area (Å²) in [6.45, 7) is 4.80. The van der Waals surface area contributed by atoms with Crippen LogP contribution < -0.4 is 5.32 Å². The molecule has 1 amide bonds. The lowest BCUT2D eigenvalue weighted by molar-refractivity contribution is -0.143. The highest BCUT2D eigenvalue weighted by Gasteiger charge is 2.18. The predicted molar refractivity (Wildman–Crippen MR) is 246 cm³/mol. The first-order chi connectivity index (χ1) is 28.0. The Morgan fingerprint density at radius 1 is 0.491 bits per heavy atom. The van der Waals surface area contributed by atoms with Crippen molar-refractivity contribution in [3.05, 3.63) is 36.5 Å². The fourth-order valence-electron chi connectivity index (χ4n) is 7.31. The normalized spacial score (nSPS) is 13.0. The summed E-state index contributed by atoms with van der Waals surface area (Å²) in [5, 5.41) is 22.9. The molecule has 0 aromatic carbocycles. The Hall–Kier alpha value is -1.92. The molecule has 0 spiro atoms. The van der Waals surface area contributed by atoms with Gasteiger partial charge in [-0.1, -0.05) is 211 Å². The van der Waals surface area contributed by atoms with Crippen LogP contribution >= 0.6 is 0 Å². The van der Waals surface area contributed by atoms with Gasteiger partial charge in [-0.25, -0.2) is 0 Å². The van der Waals surface area contributed by atoms with Crippen LogP contribution in [0.15, 0.2) is 36.5 Å². The molecule has 334 valence electrons. The molecule has 3 N–H and O–H groups in total. The zero-order valence-electron chi connectivity index (χ0n) is 37.8. The summed E-state index contributed by atoms with van der Waals surface area (Å²) in [6.07, 6.45) is 55.6. The Balaban J connectivity index is 3.49. The maximum absolute atomic E-state index is 12.4. The smallest absolute Gasteiger partial charge is 0.305 e. The number of aliphatic hydroxyl groups excluding tert-OH is 2. The second-order valence-corrected chi connectivity index (χ2v) is 16.8. The lowest BCUT2D eigenvalue weighted by Gasteiger charge is -2.20. The van der Waals surface area contributed by atoms with Gasteiger partial charge in [-0.05, 0) is 64.2 Å². The van der Waals surface area contributed by atoms with E-state index in [-0.39, 0.29) is 18.5 Å². The van der Waals surface area contributed by atoms with Crippen molar-refractivity contribution in [3.8, 4) is 0 Å². The summed E-state index contributed by atoms with van der Waals surface area (Å²) in [5.41, 5.74) is 0. The molecule has 6 nitrogen and oxygen atoms in total. The van der Waals surface area contributed by atoms with E-state index in [2.05, 4.69) is 43.5 Å². The van der Waals surface area contributed by atoms with Crippen molar-refractivity contribution < 1.29 is 24.5 Å². The number of hydrogen-bond acceptors (Lipinski definition) is 5. The quantitative estimate of drug-likeness (QED) is 0.0324. The zero-order valence-corrected chi connectivity index (χ0v) is 37.8. The monoisotopic (exact) mass is 802 g/mol. The SMILES string of the molecule is CCCCC/C=C\C/C=C\CCCCCCCCCCCC(=O)OCCCCCCCCCCCCC(=O)NC(CO)C(O)/C=C/CCCCCCCCCCC. The van der Waals surface area contributed by atoms with Crippen LogP contribution in [0.25, 0.3) is 0 Å². The first-order valence-corrected chi connectivity index (χ1v) is 24.8. The number of rotatable bonds is 45. The molecule has 0 saturated carbocycles. The largest absolute Gasteiger partial charge is 0.466 e. The Kier molecular flexibility index (Phi) is 45.2. The number of aliphatic hydroxyl groups is 2. The minimum atomic E-state index is -0.858. The van der Waals surface area contributed by atoms with Crippen molar-refractivity contribution in [1.29, 1.82) is 0 Å². The fraction of sp³-hybridized carbons (Fsp3) is 0.843. The van der Waals surface area contributed by atoms with Crippen LogP contribution in [-0.2, 0) is 14.3 Å². The molecule has 0 heterocycles.